The van der Waals surface area contributed by atoms with Gasteiger partial charge in [-0.15, -0.1) is 11.3 Å². The Balaban J connectivity index is 1.68. The van der Waals surface area contributed by atoms with E-state index in [4.69, 9.17) is 26.1 Å². The number of quaternary nitrogens is 1. The van der Waals surface area contributed by atoms with Gasteiger partial charge in [-0.05, 0) is 37.3 Å². The lowest BCUT2D eigenvalue weighted by Gasteiger charge is -2.10. The Hall–Kier alpha value is -2.08. The molecule has 4 nitrogen and oxygen atoms in total. The van der Waals surface area contributed by atoms with Gasteiger partial charge in [0.1, 0.15) is 23.3 Å². The number of hydrogen-bond donors (Lipinski definition) is 1. The second-order valence-electron chi connectivity index (χ2n) is 6.00. The Morgan fingerprint density at radius 1 is 1.12 bits per heavy atom. The number of hydrogen-bond acceptors (Lipinski definition) is 4. The van der Waals surface area contributed by atoms with Gasteiger partial charge in [0.15, 0.2) is 11.5 Å². The van der Waals surface area contributed by atoms with Crippen LogP contribution < -0.4 is 14.8 Å². The summed E-state index contributed by atoms with van der Waals surface area (Å²) in [5.74, 6) is 1.43. The first-order valence-electron chi connectivity index (χ1n) is 8.36. The van der Waals surface area contributed by atoms with E-state index in [1.807, 2.05) is 36.4 Å². The third kappa shape index (κ3) is 4.36. The number of benzene rings is 2. The Morgan fingerprint density at radius 2 is 1.92 bits per heavy atom. The maximum absolute atomic E-state index is 6.08. The average molecular weight is 390 g/mol. The van der Waals surface area contributed by atoms with Crippen LogP contribution in [-0.4, -0.2) is 19.2 Å². The van der Waals surface area contributed by atoms with E-state index in [0.717, 1.165) is 33.6 Å². The highest BCUT2D eigenvalue weighted by Gasteiger charge is 2.13. The second-order valence-corrected chi connectivity index (χ2v) is 7.29. The van der Waals surface area contributed by atoms with Crippen LogP contribution in [0.15, 0.2) is 47.8 Å². The third-order valence-corrected chi connectivity index (χ3v) is 5.41. The standard InChI is InChI=1S/C20H21ClN2O2S/c1-13(14-5-4-6-16(21)9-14)22-11-17-12-26-20(23-17)15-7-8-18(24-2)19(10-15)25-3/h4-10,12-13,22H,11H2,1-3H3/p+1/t13-/m0/s1. The van der Waals surface area contributed by atoms with Crippen LogP contribution in [0.4, 0.5) is 0 Å². The first-order chi connectivity index (χ1) is 12.6. The Kier molecular flexibility index (Phi) is 6.14. The number of thiazole rings is 1. The molecular weight excluding hydrogens is 368 g/mol. The molecule has 0 aliphatic heterocycles. The van der Waals surface area contributed by atoms with E-state index in [2.05, 4.69) is 23.7 Å². The first-order valence-corrected chi connectivity index (χ1v) is 9.62. The maximum Gasteiger partial charge on any atom is 0.161 e. The number of halogens is 1. The molecule has 0 aliphatic rings. The van der Waals surface area contributed by atoms with Gasteiger partial charge < -0.3 is 14.8 Å². The summed E-state index contributed by atoms with van der Waals surface area (Å²) in [5.41, 5.74) is 3.31. The van der Waals surface area contributed by atoms with Crippen molar-refractivity contribution >= 4 is 22.9 Å². The molecule has 0 saturated carbocycles. The summed E-state index contributed by atoms with van der Waals surface area (Å²) in [6.45, 7) is 2.99. The minimum Gasteiger partial charge on any atom is -0.493 e. The molecule has 1 aromatic heterocycles. The summed E-state index contributed by atoms with van der Waals surface area (Å²) >= 11 is 7.72. The average Bonchev–Trinajstić information content (AvgIpc) is 3.14. The molecule has 0 saturated heterocycles. The zero-order valence-electron chi connectivity index (χ0n) is 15.0. The van der Waals surface area contributed by atoms with Gasteiger partial charge in [0.25, 0.3) is 0 Å². The molecule has 1 heterocycles. The van der Waals surface area contributed by atoms with Gasteiger partial charge in [-0.3, -0.25) is 0 Å². The third-order valence-electron chi connectivity index (χ3n) is 4.24. The van der Waals surface area contributed by atoms with Gasteiger partial charge in [-0.2, -0.15) is 0 Å². The van der Waals surface area contributed by atoms with Crippen LogP contribution in [0.2, 0.25) is 5.02 Å². The highest BCUT2D eigenvalue weighted by Crippen LogP contribution is 2.33. The molecule has 2 N–H and O–H groups in total. The monoisotopic (exact) mass is 389 g/mol. The summed E-state index contributed by atoms with van der Waals surface area (Å²) in [6.07, 6.45) is 0. The molecule has 0 spiro atoms. The van der Waals surface area contributed by atoms with Crippen molar-refractivity contribution in [1.29, 1.82) is 0 Å². The molecule has 2 aromatic carbocycles. The summed E-state index contributed by atoms with van der Waals surface area (Å²) in [5, 5.41) is 6.11. The smallest absolute Gasteiger partial charge is 0.161 e. The fraction of sp³-hybridized carbons (Fsp3) is 0.250. The Labute approximate surface area is 162 Å². The molecule has 0 radical (unpaired) electrons. The molecule has 6 heteroatoms. The number of ether oxygens (including phenoxy) is 2. The fourth-order valence-electron chi connectivity index (χ4n) is 2.73. The molecule has 3 aromatic rings. The van der Waals surface area contributed by atoms with Gasteiger partial charge in [0.2, 0.25) is 0 Å². The molecule has 0 fully saturated rings. The quantitative estimate of drug-likeness (QED) is 0.655. The minimum absolute atomic E-state index is 0.319. The van der Waals surface area contributed by atoms with Crippen LogP contribution in [0.25, 0.3) is 10.6 Å². The van der Waals surface area contributed by atoms with Crippen molar-refractivity contribution in [3.05, 3.63) is 64.1 Å². The van der Waals surface area contributed by atoms with E-state index in [1.54, 1.807) is 25.6 Å². The molecule has 1 atom stereocenters. The number of nitrogens with zero attached hydrogens (tertiary/aromatic N) is 1. The van der Waals surface area contributed by atoms with E-state index in [0.29, 0.717) is 11.8 Å². The minimum atomic E-state index is 0.319. The zero-order valence-corrected chi connectivity index (χ0v) is 16.6. The van der Waals surface area contributed by atoms with E-state index < -0.39 is 0 Å². The van der Waals surface area contributed by atoms with E-state index in [1.165, 1.54) is 5.56 Å². The lowest BCUT2D eigenvalue weighted by molar-refractivity contribution is -0.708. The van der Waals surface area contributed by atoms with Gasteiger partial charge >= 0.3 is 0 Å². The SMILES string of the molecule is COc1ccc(-c2nc(C[NH2+][C@@H](C)c3cccc(Cl)c3)cs2)cc1OC. The van der Waals surface area contributed by atoms with Crippen molar-refractivity contribution in [2.24, 2.45) is 0 Å². The molecule has 26 heavy (non-hydrogen) atoms. The number of nitrogens with two attached hydrogens (primary N) is 1. The van der Waals surface area contributed by atoms with Gasteiger partial charge in [0, 0.05) is 21.5 Å². The van der Waals surface area contributed by atoms with Crippen LogP contribution in [0.3, 0.4) is 0 Å². The van der Waals surface area contributed by atoms with Crippen LogP contribution in [-0.2, 0) is 6.54 Å². The van der Waals surface area contributed by atoms with Crippen molar-refractivity contribution in [2.45, 2.75) is 19.5 Å². The maximum atomic E-state index is 6.08. The molecule has 0 amide bonds. The largest absolute Gasteiger partial charge is 0.493 e. The van der Waals surface area contributed by atoms with Gasteiger partial charge in [-0.1, -0.05) is 23.7 Å². The number of methoxy groups -OCH3 is 2. The van der Waals surface area contributed by atoms with Crippen molar-refractivity contribution < 1.29 is 14.8 Å². The van der Waals surface area contributed by atoms with E-state index in [9.17, 15) is 0 Å². The Morgan fingerprint density at radius 3 is 2.65 bits per heavy atom. The van der Waals surface area contributed by atoms with E-state index >= 15 is 0 Å². The van der Waals surface area contributed by atoms with Crippen LogP contribution in [0.5, 0.6) is 11.5 Å². The van der Waals surface area contributed by atoms with E-state index in [-0.39, 0.29) is 0 Å². The summed E-state index contributed by atoms with van der Waals surface area (Å²) in [4.78, 5) is 4.76. The van der Waals surface area contributed by atoms with Gasteiger partial charge in [-0.25, -0.2) is 4.98 Å². The molecule has 136 valence electrons. The normalized spacial score (nSPS) is 12.0. The molecule has 0 aliphatic carbocycles. The second kappa shape index (κ2) is 8.54. The van der Waals surface area contributed by atoms with Crippen molar-refractivity contribution in [3.63, 3.8) is 0 Å². The molecular formula is C20H22ClN2O2S+. The topological polar surface area (TPSA) is 48.0 Å². The lowest BCUT2D eigenvalue weighted by Crippen LogP contribution is -2.83. The van der Waals surface area contributed by atoms with Gasteiger partial charge in [0.05, 0.1) is 14.2 Å². The molecule has 0 unspecified atom stereocenters. The summed E-state index contributed by atoms with van der Waals surface area (Å²) in [6, 6.07) is 14.2. The van der Waals surface area contributed by atoms with Crippen LogP contribution in [0, 0.1) is 0 Å². The Bertz CT molecular complexity index is 882. The summed E-state index contributed by atoms with van der Waals surface area (Å²) in [7, 11) is 3.27. The molecule has 3 rings (SSSR count). The number of rotatable bonds is 7. The highest BCUT2D eigenvalue weighted by atomic mass is 35.5. The highest BCUT2D eigenvalue weighted by molar-refractivity contribution is 7.13. The van der Waals surface area contributed by atoms with Crippen LogP contribution >= 0.6 is 22.9 Å². The predicted octanol–water partition coefficient (Wildman–Crippen LogP) is 4.31. The molecule has 0 bridgehead atoms. The number of aromatic nitrogens is 1. The van der Waals surface area contributed by atoms with Crippen molar-refractivity contribution in [3.8, 4) is 22.1 Å². The first kappa shape index (κ1) is 18.7. The zero-order chi connectivity index (χ0) is 18.5. The van der Waals surface area contributed by atoms with Crippen molar-refractivity contribution in [1.82, 2.24) is 4.98 Å². The fourth-order valence-corrected chi connectivity index (χ4v) is 3.75. The summed E-state index contributed by atoms with van der Waals surface area (Å²) < 4.78 is 10.7. The lowest BCUT2D eigenvalue weighted by atomic mass is 10.1. The van der Waals surface area contributed by atoms with Crippen molar-refractivity contribution in [2.75, 3.05) is 14.2 Å². The predicted molar refractivity (Wildman–Crippen MR) is 106 cm³/mol. The van der Waals surface area contributed by atoms with Crippen LogP contribution in [0.1, 0.15) is 24.2 Å².